The molecule has 0 bridgehead atoms. The number of carboxylic acids is 1. The minimum absolute atomic E-state index is 0.0209. The minimum atomic E-state index is -1.59. The number of anilines is 1. The maximum Gasteiger partial charge on any atom is 0.394 e. The van der Waals surface area contributed by atoms with E-state index in [4.69, 9.17) is 5.11 Å². The van der Waals surface area contributed by atoms with E-state index in [1.54, 1.807) is 0 Å². The van der Waals surface area contributed by atoms with Crippen LogP contribution >= 0.6 is 12.2 Å². The van der Waals surface area contributed by atoms with Gasteiger partial charge in [-0.2, -0.15) is 4.98 Å². The highest BCUT2D eigenvalue weighted by molar-refractivity contribution is 7.71. The molecular weight excluding hydrogens is 184 g/mol. The Balaban J connectivity index is 2.71. The van der Waals surface area contributed by atoms with Gasteiger partial charge >= 0.3 is 11.9 Å². The van der Waals surface area contributed by atoms with Crippen molar-refractivity contribution >= 4 is 30.0 Å². The molecule has 0 saturated carbocycles. The molecule has 8 heteroatoms. The number of nitrogens with one attached hydrogen (secondary N) is 3. The number of nitrogens with zero attached hydrogens (tertiary/aromatic N) is 1. The first kappa shape index (κ1) is 8.40. The summed E-state index contributed by atoms with van der Waals surface area (Å²) in [6, 6.07) is 0. The van der Waals surface area contributed by atoms with Gasteiger partial charge in [-0.3, -0.25) is 20.3 Å². The first-order valence-corrected chi connectivity index (χ1v) is 3.19. The number of carboxylic acid groups (broad SMARTS) is 1. The Kier molecular flexibility index (Phi) is 2.19. The summed E-state index contributed by atoms with van der Waals surface area (Å²) in [6.07, 6.45) is 0. The van der Waals surface area contributed by atoms with E-state index >= 15 is 0 Å². The molecule has 1 aromatic rings. The lowest BCUT2D eigenvalue weighted by Crippen LogP contribution is -2.22. The number of carbonyl (C=O) groups is 2. The molecule has 0 unspecified atom stereocenters. The molecule has 0 atom stereocenters. The SMILES string of the molecule is O=C(O)C(=O)Nc1nc(=S)[nH][nH]1. The average molecular weight is 188 g/mol. The van der Waals surface area contributed by atoms with Gasteiger partial charge in [0.05, 0.1) is 0 Å². The minimum Gasteiger partial charge on any atom is -0.474 e. The molecule has 0 aliphatic rings. The van der Waals surface area contributed by atoms with Crippen LogP contribution in [0.15, 0.2) is 0 Å². The van der Waals surface area contributed by atoms with E-state index in [0.717, 1.165) is 0 Å². The van der Waals surface area contributed by atoms with Gasteiger partial charge in [-0.05, 0) is 12.2 Å². The first-order chi connectivity index (χ1) is 5.59. The Morgan fingerprint density at radius 1 is 1.50 bits per heavy atom. The number of rotatable bonds is 1. The number of hydrogen-bond acceptors (Lipinski definition) is 4. The van der Waals surface area contributed by atoms with Gasteiger partial charge in [-0.25, -0.2) is 4.79 Å². The topological polar surface area (TPSA) is 111 Å². The fourth-order valence-corrected chi connectivity index (χ4v) is 0.633. The molecule has 4 N–H and O–H groups in total. The Labute approximate surface area is 70.8 Å². The first-order valence-electron chi connectivity index (χ1n) is 2.78. The molecule has 12 heavy (non-hydrogen) atoms. The molecule has 1 rings (SSSR count). The molecule has 64 valence electrons. The van der Waals surface area contributed by atoms with Gasteiger partial charge in [0.1, 0.15) is 0 Å². The molecule has 0 radical (unpaired) electrons. The van der Waals surface area contributed by atoms with Crippen molar-refractivity contribution < 1.29 is 14.7 Å². The van der Waals surface area contributed by atoms with Crippen LogP contribution in [-0.2, 0) is 9.59 Å². The van der Waals surface area contributed by atoms with Crippen molar-refractivity contribution in [2.24, 2.45) is 0 Å². The van der Waals surface area contributed by atoms with Gasteiger partial charge in [0.15, 0.2) is 0 Å². The van der Waals surface area contributed by atoms with E-state index in [2.05, 4.69) is 27.4 Å². The maximum absolute atomic E-state index is 10.5. The Morgan fingerprint density at radius 2 is 2.17 bits per heavy atom. The van der Waals surface area contributed by atoms with Crippen molar-refractivity contribution in [3.05, 3.63) is 4.77 Å². The summed E-state index contributed by atoms with van der Waals surface area (Å²) < 4.78 is 0.135. The van der Waals surface area contributed by atoms with Crippen LogP contribution in [0.1, 0.15) is 0 Å². The third kappa shape index (κ3) is 1.89. The molecule has 1 amide bonds. The van der Waals surface area contributed by atoms with Gasteiger partial charge in [0.2, 0.25) is 10.7 Å². The highest BCUT2D eigenvalue weighted by Gasteiger charge is 2.11. The lowest BCUT2D eigenvalue weighted by molar-refractivity contribution is -0.147. The molecule has 7 nitrogen and oxygen atoms in total. The zero-order chi connectivity index (χ0) is 9.14. The van der Waals surface area contributed by atoms with Crippen molar-refractivity contribution in [3.63, 3.8) is 0 Å². The molecule has 1 aromatic heterocycles. The molecule has 0 spiro atoms. The third-order valence-corrected chi connectivity index (χ3v) is 1.12. The molecule has 0 saturated heterocycles. The van der Waals surface area contributed by atoms with Crippen LogP contribution in [0.4, 0.5) is 5.95 Å². The van der Waals surface area contributed by atoms with Gasteiger partial charge in [-0.15, -0.1) is 0 Å². The lowest BCUT2D eigenvalue weighted by atomic mass is 10.6. The van der Waals surface area contributed by atoms with Crippen molar-refractivity contribution in [2.75, 3.05) is 5.32 Å². The van der Waals surface area contributed by atoms with E-state index < -0.39 is 11.9 Å². The average Bonchev–Trinajstić information content (AvgIpc) is 2.35. The summed E-state index contributed by atoms with van der Waals surface area (Å²) in [5.41, 5.74) is 0. The second-order valence-electron chi connectivity index (χ2n) is 1.77. The Bertz CT molecular complexity index is 366. The molecule has 0 aliphatic carbocycles. The number of aliphatic carboxylic acids is 1. The van der Waals surface area contributed by atoms with Gasteiger partial charge < -0.3 is 5.11 Å². The summed E-state index contributed by atoms with van der Waals surface area (Å²) in [4.78, 5) is 24.1. The maximum atomic E-state index is 10.5. The van der Waals surface area contributed by atoms with E-state index in [1.165, 1.54) is 0 Å². The summed E-state index contributed by atoms with van der Waals surface area (Å²) in [7, 11) is 0. The summed E-state index contributed by atoms with van der Waals surface area (Å²) in [5.74, 6) is -2.78. The predicted octanol–water partition coefficient (Wildman–Crippen LogP) is -0.510. The molecule has 0 aliphatic heterocycles. The number of aromatic amines is 2. The van der Waals surface area contributed by atoms with E-state index in [-0.39, 0.29) is 10.7 Å². The summed E-state index contributed by atoms with van der Waals surface area (Å²) in [6.45, 7) is 0. The number of hydrogen-bond donors (Lipinski definition) is 4. The number of H-pyrrole nitrogens is 2. The van der Waals surface area contributed by atoms with Crippen molar-refractivity contribution in [1.29, 1.82) is 0 Å². The smallest absolute Gasteiger partial charge is 0.394 e. The van der Waals surface area contributed by atoms with Crippen LogP contribution in [-0.4, -0.2) is 32.2 Å². The Morgan fingerprint density at radius 3 is 2.58 bits per heavy atom. The standard InChI is InChI=1S/C4H4N4O3S/c9-1(2(10)11)5-3-6-4(12)8-7-3/h(H,10,11)(H3,5,6,7,8,9,12). The fraction of sp³-hybridized carbons (Fsp3) is 0. The van der Waals surface area contributed by atoms with E-state index in [0.29, 0.717) is 0 Å². The highest BCUT2D eigenvalue weighted by Crippen LogP contribution is 1.93. The van der Waals surface area contributed by atoms with E-state index in [1.807, 2.05) is 5.32 Å². The van der Waals surface area contributed by atoms with Crippen LogP contribution in [0, 0.1) is 4.77 Å². The van der Waals surface area contributed by atoms with Crippen molar-refractivity contribution in [2.45, 2.75) is 0 Å². The van der Waals surface area contributed by atoms with Crippen molar-refractivity contribution in [3.8, 4) is 0 Å². The molecule has 0 aromatic carbocycles. The van der Waals surface area contributed by atoms with Gasteiger partial charge in [0, 0.05) is 0 Å². The second-order valence-corrected chi connectivity index (χ2v) is 2.16. The van der Waals surface area contributed by atoms with Crippen LogP contribution < -0.4 is 5.32 Å². The second kappa shape index (κ2) is 3.13. The van der Waals surface area contributed by atoms with Crippen LogP contribution in [0.25, 0.3) is 0 Å². The molecule has 0 fully saturated rings. The van der Waals surface area contributed by atoms with E-state index in [9.17, 15) is 9.59 Å². The fourth-order valence-electron chi connectivity index (χ4n) is 0.490. The third-order valence-electron chi connectivity index (χ3n) is 0.927. The Hall–Kier alpha value is -1.70. The van der Waals surface area contributed by atoms with Crippen LogP contribution in [0.3, 0.4) is 0 Å². The van der Waals surface area contributed by atoms with Crippen LogP contribution in [0.5, 0.6) is 0 Å². The normalized spacial score (nSPS) is 9.33. The van der Waals surface area contributed by atoms with Gasteiger partial charge in [-0.1, -0.05) is 0 Å². The predicted molar refractivity (Wildman–Crippen MR) is 40.0 cm³/mol. The monoisotopic (exact) mass is 188 g/mol. The largest absolute Gasteiger partial charge is 0.474 e. The van der Waals surface area contributed by atoms with Crippen LogP contribution in [0.2, 0.25) is 0 Å². The number of carbonyl (C=O) groups excluding carboxylic acids is 1. The van der Waals surface area contributed by atoms with Gasteiger partial charge in [0.25, 0.3) is 0 Å². The number of aromatic nitrogens is 3. The highest BCUT2D eigenvalue weighted by atomic mass is 32.1. The zero-order valence-corrected chi connectivity index (χ0v) is 6.44. The lowest BCUT2D eigenvalue weighted by Gasteiger charge is -1.93. The summed E-state index contributed by atoms with van der Waals surface area (Å²) in [5, 5.41) is 14.9. The number of amides is 1. The zero-order valence-electron chi connectivity index (χ0n) is 5.62. The summed E-state index contributed by atoms with van der Waals surface area (Å²) >= 11 is 4.55. The molecular formula is C4H4N4O3S. The quantitative estimate of drug-likeness (QED) is 0.350. The molecule has 1 heterocycles. The van der Waals surface area contributed by atoms with Crippen molar-refractivity contribution in [1.82, 2.24) is 15.2 Å².